The molecule has 2 nitrogen and oxygen atoms in total. The maximum Gasteiger partial charge on any atom is 0.159 e. The quantitative estimate of drug-likeness (QED) is 0.540. The van der Waals surface area contributed by atoms with E-state index in [1.807, 2.05) is 0 Å². The van der Waals surface area contributed by atoms with Gasteiger partial charge in [0.25, 0.3) is 0 Å². The van der Waals surface area contributed by atoms with Gasteiger partial charge >= 0.3 is 0 Å². The standard InChI is InChI=1S/C8H8NO/c1-6(10)7-2-4-8(9)5-3-7/h2-5,9H,1H3. The van der Waals surface area contributed by atoms with Gasteiger partial charge in [-0.15, -0.1) is 0 Å². The number of hydrogen-bond acceptors (Lipinski definition) is 1. The molecule has 0 fully saturated rings. The molecule has 10 heavy (non-hydrogen) atoms. The second kappa shape index (κ2) is 2.52. The summed E-state index contributed by atoms with van der Waals surface area (Å²) in [6.45, 7) is 1.51. The van der Waals surface area contributed by atoms with Gasteiger partial charge in [0.15, 0.2) is 5.78 Å². The van der Waals surface area contributed by atoms with Crippen LogP contribution >= 0.6 is 0 Å². The van der Waals surface area contributed by atoms with Gasteiger partial charge in [0, 0.05) is 5.56 Å². The van der Waals surface area contributed by atoms with Gasteiger partial charge in [-0.1, -0.05) is 0 Å². The molecule has 0 saturated heterocycles. The van der Waals surface area contributed by atoms with Crippen LogP contribution in [0, 0.1) is 0 Å². The molecule has 0 aromatic heterocycles. The minimum absolute atomic E-state index is 0.0417. The zero-order valence-corrected chi connectivity index (χ0v) is 5.72. The smallest absolute Gasteiger partial charge is 0.159 e. The molecule has 51 valence electrons. The number of carbonyl (C=O) groups is 1. The third kappa shape index (κ3) is 1.35. The maximum atomic E-state index is 10.7. The van der Waals surface area contributed by atoms with Crippen LogP contribution in [0.3, 0.4) is 0 Å². The summed E-state index contributed by atoms with van der Waals surface area (Å²) in [5.41, 5.74) is 8.22. The van der Waals surface area contributed by atoms with E-state index in [0.29, 0.717) is 11.3 Å². The van der Waals surface area contributed by atoms with Crippen molar-refractivity contribution >= 4 is 11.5 Å². The number of benzene rings is 1. The first-order valence-corrected chi connectivity index (χ1v) is 3.03. The summed E-state index contributed by atoms with van der Waals surface area (Å²) in [6.07, 6.45) is 0. The second-order valence-electron chi connectivity index (χ2n) is 2.13. The number of carbonyl (C=O) groups excluding carboxylic acids is 1. The molecule has 0 heterocycles. The van der Waals surface area contributed by atoms with E-state index in [-0.39, 0.29) is 5.78 Å². The maximum absolute atomic E-state index is 10.7. The third-order valence-electron chi connectivity index (χ3n) is 1.29. The molecule has 0 amide bonds. The molecule has 1 aromatic rings. The first-order valence-electron chi connectivity index (χ1n) is 3.03. The summed E-state index contributed by atoms with van der Waals surface area (Å²) < 4.78 is 0. The molecule has 0 unspecified atom stereocenters. The van der Waals surface area contributed by atoms with Gasteiger partial charge < -0.3 is 5.73 Å². The van der Waals surface area contributed by atoms with Crippen LogP contribution in [0.2, 0.25) is 0 Å². The van der Waals surface area contributed by atoms with Crippen molar-refractivity contribution in [1.29, 1.82) is 0 Å². The Labute approximate surface area is 59.7 Å². The van der Waals surface area contributed by atoms with Crippen molar-refractivity contribution in [1.82, 2.24) is 5.73 Å². The van der Waals surface area contributed by atoms with Crippen LogP contribution < -0.4 is 5.73 Å². The average molecular weight is 134 g/mol. The Morgan fingerprint density at radius 2 is 1.80 bits per heavy atom. The van der Waals surface area contributed by atoms with Crippen LogP contribution in [0.4, 0.5) is 5.69 Å². The van der Waals surface area contributed by atoms with E-state index >= 15 is 0 Å². The van der Waals surface area contributed by atoms with E-state index in [2.05, 4.69) is 0 Å². The van der Waals surface area contributed by atoms with Gasteiger partial charge in [0.05, 0.1) is 5.69 Å². The van der Waals surface area contributed by atoms with E-state index < -0.39 is 0 Å². The monoisotopic (exact) mass is 134 g/mol. The van der Waals surface area contributed by atoms with Crippen molar-refractivity contribution in [3.63, 3.8) is 0 Å². The van der Waals surface area contributed by atoms with Crippen molar-refractivity contribution in [2.75, 3.05) is 0 Å². The molecule has 0 bridgehead atoms. The summed E-state index contributed by atoms with van der Waals surface area (Å²) in [7, 11) is 0. The number of hydrogen-bond donors (Lipinski definition) is 0. The zero-order valence-electron chi connectivity index (χ0n) is 5.72. The third-order valence-corrected chi connectivity index (χ3v) is 1.29. The lowest BCUT2D eigenvalue weighted by Gasteiger charge is -1.93. The molecule has 0 aliphatic rings. The zero-order chi connectivity index (χ0) is 7.56. The Morgan fingerprint density at radius 1 is 1.30 bits per heavy atom. The molecule has 0 aliphatic heterocycles. The summed E-state index contributed by atoms with van der Waals surface area (Å²) in [6, 6.07) is 6.53. The van der Waals surface area contributed by atoms with E-state index in [4.69, 9.17) is 5.73 Å². The Hall–Kier alpha value is -1.31. The highest BCUT2D eigenvalue weighted by molar-refractivity contribution is 5.94. The minimum atomic E-state index is 0.0417. The average Bonchev–Trinajstić information content (AvgIpc) is 1.88. The first-order chi connectivity index (χ1) is 4.70. The molecule has 0 aliphatic carbocycles. The van der Waals surface area contributed by atoms with E-state index in [9.17, 15) is 4.79 Å². The van der Waals surface area contributed by atoms with Gasteiger partial charge in [0.2, 0.25) is 0 Å². The predicted octanol–water partition coefficient (Wildman–Crippen LogP) is 1.80. The number of rotatable bonds is 1. The lowest BCUT2D eigenvalue weighted by Crippen LogP contribution is -1.89. The Kier molecular flexibility index (Phi) is 1.71. The molecule has 1 rings (SSSR count). The topological polar surface area (TPSA) is 40.9 Å². The summed E-state index contributed by atoms with van der Waals surface area (Å²) >= 11 is 0. The van der Waals surface area contributed by atoms with Crippen molar-refractivity contribution < 1.29 is 4.79 Å². The molecule has 2 heteroatoms. The summed E-state index contributed by atoms with van der Waals surface area (Å²) in [5, 5.41) is 0. The van der Waals surface area contributed by atoms with E-state index in [1.165, 1.54) is 6.92 Å². The van der Waals surface area contributed by atoms with Crippen molar-refractivity contribution in [2.45, 2.75) is 6.92 Å². The SMILES string of the molecule is CC(=O)c1ccc([NH])cc1. The normalized spacial score (nSPS) is 9.30. The first kappa shape index (κ1) is 6.81. The second-order valence-corrected chi connectivity index (χ2v) is 2.13. The molecule has 1 aromatic carbocycles. The number of nitrogens with one attached hydrogen (secondary N) is 1. The molecule has 0 atom stereocenters. The predicted molar refractivity (Wildman–Crippen MR) is 39.2 cm³/mol. The summed E-state index contributed by atoms with van der Waals surface area (Å²) in [5.74, 6) is 0.0417. The van der Waals surface area contributed by atoms with Gasteiger partial charge in [-0.3, -0.25) is 4.79 Å². The molecule has 0 spiro atoms. The fraction of sp³-hybridized carbons (Fsp3) is 0.125. The molecular weight excluding hydrogens is 126 g/mol. The highest BCUT2D eigenvalue weighted by atomic mass is 16.1. The minimum Gasteiger partial charge on any atom is -0.301 e. The van der Waals surface area contributed by atoms with Crippen LogP contribution in [0.25, 0.3) is 0 Å². The largest absolute Gasteiger partial charge is 0.301 e. The summed E-state index contributed by atoms with van der Waals surface area (Å²) in [4.78, 5) is 10.7. The lowest BCUT2D eigenvalue weighted by molar-refractivity contribution is 0.101. The van der Waals surface area contributed by atoms with Gasteiger partial charge in [-0.2, -0.15) is 0 Å². The van der Waals surface area contributed by atoms with Gasteiger partial charge in [0.1, 0.15) is 0 Å². The fourth-order valence-corrected chi connectivity index (χ4v) is 0.705. The highest BCUT2D eigenvalue weighted by Crippen LogP contribution is 2.06. The van der Waals surface area contributed by atoms with E-state index in [0.717, 1.165) is 0 Å². The van der Waals surface area contributed by atoms with Crippen LogP contribution in [-0.2, 0) is 0 Å². The Balaban J connectivity index is 3.00. The molecule has 1 N–H and O–H groups in total. The van der Waals surface area contributed by atoms with Crippen molar-refractivity contribution in [3.05, 3.63) is 29.8 Å². The Bertz CT molecular complexity index is 238. The molecule has 0 saturated carbocycles. The molecule has 1 radical (unpaired) electrons. The van der Waals surface area contributed by atoms with Gasteiger partial charge in [-0.05, 0) is 31.2 Å². The number of ketones is 1. The van der Waals surface area contributed by atoms with Crippen LogP contribution in [-0.4, -0.2) is 5.78 Å². The highest BCUT2D eigenvalue weighted by Gasteiger charge is 1.95. The van der Waals surface area contributed by atoms with Gasteiger partial charge in [-0.25, -0.2) is 0 Å². The number of Topliss-reactive ketones (excluding diaryl/α,β-unsaturated/α-hetero) is 1. The van der Waals surface area contributed by atoms with Crippen LogP contribution in [0.15, 0.2) is 24.3 Å². The van der Waals surface area contributed by atoms with E-state index in [1.54, 1.807) is 24.3 Å². The molecular formula is C8H8NO. The lowest BCUT2D eigenvalue weighted by atomic mass is 10.1. The van der Waals surface area contributed by atoms with Crippen molar-refractivity contribution in [2.24, 2.45) is 0 Å². The van der Waals surface area contributed by atoms with Crippen LogP contribution in [0.5, 0.6) is 0 Å². The van der Waals surface area contributed by atoms with Crippen molar-refractivity contribution in [3.8, 4) is 0 Å². The fourth-order valence-electron chi connectivity index (χ4n) is 0.705. The van der Waals surface area contributed by atoms with Crippen LogP contribution in [0.1, 0.15) is 17.3 Å². The Morgan fingerprint density at radius 3 is 2.20 bits per heavy atom.